The maximum Gasteiger partial charge on any atom is 0.298 e. The summed E-state index contributed by atoms with van der Waals surface area (Å²) in [5.74, 6) is -0.635. The Kier molecular flexibility index (Phi) is 7.70. The van der Waals surface area contributed by atoms with Crippen LogP contribution in [0.2, 0.25) is 0 Å². The average Bonchev–Trinajstić information content (AvgIpc) is 2.84. The van der Waals surface area contributed by atoms with Gasteiger partial charge in [0.1, 0.15) is 24.7 Å². The average molecular weight is 562 g/mol. The zero-order valence-electron chi connectivity index (χ0n) is 21.8. The van der Waals surface area contributed by atoms with Gasteiger partial charge < -0.3 is 10.0 Å². The molecule has 0 amide bonds. The molecular weight excluding hydrogens is 528 g/mol. The molecule has 2 aliphatic carbocycles. The van der Waals surface area contributed by atoms with Crippen LogP contribution >= 0.6 is 0 Å². The Labute approximate surface area is 223 Å². The van der Waals surface area contributed by atoms with E-state index in [0.717, 1.165) is 54.7 Å². The minimum Gasteiger partial charge on any atom is -0.506 e. The Morgan fingerprint density at radius 2 is 1.50 bits per heavy atom. The maximum atomic E-state index is 12.3. The van der Waals surface area contributed by atoms with Crippen molar-refractivity contribution in [2.45, 2.75) is 41.5 Å². The van der Waals surface area contributed by atoms with Crippen molar-refractivity contribution < 1.29 is 35.6 Å². The summed E-state index contributed by atoms with van der Waals surface area (Å²) < 4.78 is 69.7. The molecule has 1 fully saturated rings. The zero-order chi connectivity index (χ0) is 28.0. The molecule has 0 bridgehead atoms. The fourth-order valence-electron chi connectivity index (χ4n) is 5.38. The van der Waals surface area contributed by atoms with Gasteiger partial charge in [-0.2, -0.15) is 16.8 Å². The van der Waals surface area contributed by atoms with Gasteiger partial charge in [0.2, 0.25) is 0 Å². The number of hydrogen-bond acceptors (Lipinski definition) is 6. The number of phenolic OH excluding ortho intramolecular Hbond substituents is 1. The van der Waals surface area contributed by atoms with E-state index in [0.29, 0.717) is 11.4 Å². The van der Waals surface area contributed by atoms with E-state index >= 15 is 0 Å². The summed E-state index contributed by atoms with van der Waals surface area (Å²) in [6, 6.07) is 5.21. The molecule has 0 radical (unpaired) electrons. The van der Waals surface area contributed by atoms with Crippen LogP contribution in [0, 0.1) is 5.92 Å². The number of phenols is 1. The first-order valence-electron chi connectivity index (χ1n) is 12.2. The Morgan fingerprint density at radius 3 is 2.00 bits per heavy atom. The summed E-state index contributed by atoms with van der Waals surface area (Å²) >= 11 is 0. The van der Waals surface area contributed by atoms with Gasteiger partial charge in [-0.3, -0.25) is 9.11 Å². The molecule has 3 N–H and O–H groups in total. The lowest BCUT2D eigenvalue weighted by molar-refractivity contribution is -0.462. The minimum atomic E-state index is -4.87. The Hall–Kier alpha value is -2.83. The van der Waals surface area contributed by atoms with Gasteiger partial charge in [0, 0.05) is 23.8 Å². The molecule has 0 heterocycles. The molecule has 2 aromatic carbocycles. The molecule has 1 saturated carbocycles. The minimum absolute atomic E-state index is 0.0385. The second kappa shape index (κ2) is 10.4. The Bertz CT molecular complexity index is 1600. The lowest BCUT2D eigenvalue weighted by atomic mass is 9.75. The number of nitrogens with zero attached hydrogens (tertiary/aromatic N) is 2. The molecule has 0 saturated heterocycles. The molecule has 2 aromatic rings. The smallest absolute Gasteiger partial charge is 0.298 e. The first-order chi connectivity index (χ1) is 17.7. The summed E-state index contributed by atoms with van der Waals surface area (Å²) in [6.45, 7) is 0. The Morgan fingerprint density at radius 1 is 0.895 bits per heavy atom. The van der Waals surface area contributed by atoms with Crippen LogP contribution in [-0.4, -0.2) is 80.5 Å². The first kappa shape index (κ1) is 28.2. The van der Waals surface area contributed by atoms with E-state index in [1.807, 2.05) is 57.1 Å². The van der Waals surface area contributed by atoms with Crippen molar-refractivity contribution in [3.05, 3.63) is 59.7 Å². The molecule has 0 unspecified atom stereocenters. The van der Waals surface area contributed by atoms with Gasteiger partial charge in [-0.05, 0) is 98.0 Å². The van der Waals surface area contributed by atoms with Crippen molar-refractivity contribution in [2.24, 2.45) is 5.92 Å². The number of allylic oxidation sites excluding steroid dienone is 6. The van der Waals surface area contributed by atoms with Gasteiger partial charge >= 0.3 is 0 Å². The van der Waals surface area contributed by atoms with Gasteiger partial charge in [0.25, 0.3) is 20.2 Å². The highest BCUT2D eigenvalue weighted by molar-refractivity contribution is 7.86. The third-order valence-corrected chi connectivity index (χ3v) is 9.14. The second-order valence-corrected chi connectivity index (χ2v) is 13.1. The summed E-state index contributed by atoms with van der Waals surface area (Å²) in [5, 5.41) is 11.9. The van der Waals surface area contributed by atoms with Crippen LogP contribution in [0.4, 0.5) is 0 Å². The lowest BCUT2D eigenvalue weighted by Gasteiger charge is -2.35. The molecule has 0 aromatic heterocycles. The standard InChI is InChI=1S/C27H32N2O7S2/c1-28(2)20-9-5-17(6-10-20)25(18-7-11-21(12-8-18)29(3)4)26-23-14-13-22(37(31,32)33)15-19(23)16-24(27(26)30)38(34,35)36/h5-6,9-10,13-16,18,21H,7-8,11-12H2,1-4H3,(H2,31,32,33,34,35,36)/p+1. The predicted octanol–water partition coefficient (Wildman–Crippen LogP) is 3.75. The highest BCUT2D eigenvalue weighted by Crippen LogP contribution is 2.47. The largest absolute Gasteiger partial charge is 0.506 e. The van der Waals surface area contributed by atoms with Crippen LogP contribution in [0.3, 0.4) is 0 Å². The third kappa shape index (κ3) is 5.62. The van der Waals surface area contributed by atoms with Gasteiger partial charge in [0.15, 0.2) is 5.71 Å². The Balaban J connectivity index is 2.05. The second-order valence-electron chi connectivity index (χ2n) is 10.3. The van der Waals surface area contributed by atoms with Crippen molar-refractivity contribution in [1.29, 1.82) is 0 Å². The molecule has 11 heteroatoms. The quantitative estimate of drug-likeness (QED) is 0.371. The predicted molar refractivity (Wildman–Crippen MR) is 147 cm³/mol. The van der Waals surface area contributed by atoms with Gasteiger partial charge in [0.05, 0.1) is 4.90 Å². The van der Waals surface area contributed by atoms with E-state index in [-0.39, 0.29) is 16.9 Å². The SMILES string of the molecule is CN(C)C1CCC(C(=C2C=CC(=[N+](C)C)C=C2)c2c(O)c(S(=O)(=O)O)cc3cc(S(=O)(=O)O)ccc23)CC1. The number of aromatic hydroxyl groups is 1. The van der Waals surface area contributed by atoms with Crippen molar-refractivity contribution in [3.8, 4) is 5.75 Å². The fourth-order valence-corrected chi connectivity index (χ4v) is 6.52. The fraction of sp³-hybridized carbons (Fsp3) is 0.370. The normalized spacial score (nSPS) is 20.4. The molecule has 9 nitrogen and oxygen atoms in total. The molecule has 204 valence electrons. The maximum absolute atomic E-state index is 12.3. The van der Waals surface area contributed by atoms with E-state index < -0.39 is 35.8 Å². The van der Waals surface area contributed by atoms with Crippen molar-refractivity contribution in [1.82, 2.24) is 4.90 Å². The van der Waals surface area contributed by atoms with E-state index in [9.17, 15) is 31.0 Å². The van der Waals surface area contributed by atoms with Gasteiger partial charge in [-0.1, -0.05) is 6.07 Å². The van der Waals surface area contributed by atoms with Crippen LogP contribution in [0.1, 0.15) is 31.2 Å². The van der Waals surface area contributed by atoms with Gasteiger partial charge in [-0.15, -0.1) is 0 Å². The molecule has 0 spiro atoms. The summed E-state index contributed by atoms with van der Waals surface area (Å²) in [7, 11) is -1.53. The molecule has 4 rings (SSSR count). The highest BCUT2D eigenvalue weighted by atomic mass is 32.2. The summed E-state index contributed by atoms with van der Waals surface area (Å²) in [5.41, 5.74) is 2.69. The highest BCUT2D eigenvalue weighted by Gasteiger charge is 2.32. The van der Waals surface area contributed by atoms with Crippen LogP contribution in [-0.2, 0) is 20.2 Å². The molecular formula is C27H33N2O7S2+. The van der Waals surface area contributed by atoms with E-state index in [4.69, 9.17) is 0 Å². The third-order valence-electron chi connectivity index (χ3n) is 7.42. The number of hydrogen-bond donors (Lipinski definition) is 3. The van der Waals surface area contributed by atoms with Crippen molar-refractivity contribution in [3.63, 3.8) is 0 Å². The molecule has 38 heavy (non-hydrogen) atoms. The van der Waals surface area contributed by atoms with E-state index in [2.05, 4.69) is 4.90 Å². The molecule has 0 atom stereocenters. The molecule has 0 aliphatic heterocycles. The monoisotopic (exact) mass is 561 g/mol. The van der Waals surface area contributed by atoms with Crippen LogP contribution in [0.25, 0.3) is 16.3 Å². The number of benzene rings is 2. The van der Waals surface area contributed by atoms with Crippen molar-refractivity contribution >= 4 is 42.3 Å². The number of rotatable bonds is 5. The zero-order valence-corrected chi connectivity index (χ0v) is 23.4. The van der Waals surface area contributed by atoms with E-state index in [1.54, 1.807) is 0 Å². The van der Waals surface area contributed by atoms with E-state index in [1.165, 1.54) is 12.1 Å². The lowest BCUT2D eigenvalue weighted by Crippen LogP contribution is -2.32. The van der Waals surface area contributed by atoms with Crippen LogP contribution in [0.5, 0.6) is 5.75 Å². The topological polar surface area (TPSA) is 135 Å². The number of fused-ring (bicyclic) bond motifs is 1. The van der Waals surface area contributed by atoms with Crippen LogP contribution in [0.15, 0.2) is 63.9 Å². The first-order valence-corrected chi connectivity index (χ1v) is 15.1. The molecule has 2 aliphatic rings. The van der Waals surface area contributed by atoms with Crippen LogP contribution < -0.4 is 0 Å². The van der Waals surface area contributed by atoms with Crippen molar-refractivity contribution in [2.75, 3.05) is 28.2 Å². The van der Waals surface area contributed by atoms with Gasteiger partial charge in [-0.25, -0.2) is 4.58 Å². The summed E-state index contributed by atoms with van der Waals surface area (Å²) in [6.07, 6.45) is 11.1. The summed E-state index contributed by atoms with van der Waals surface area (Å²) in [4.78, 5) is 1.04.